The Hall–Kier alpha value is -3.06. The molecule has 0 aliphatic carbocycles. The molecule has 0 fully saturated rings. The Kier molecular flexibility index (Phi) is 5.38. The van der Waals surface area contributed by atoms with Gasteiger partial charge in [0.05, 0.1) is 12.1 Å². The minimum absolute atomic E-state index is 0.00604. The lowest BCUT2D eigenvalue weighted by molar-refractivity contribution is -0.115. The van der Waals surface area contributed by atoms with Gasteiger partial charge in [0.15, 0.2) is 10.9 Å². The molecule has 1 amide bonds. The molecule has 6 nitrogen and oxygen atoms in total. The average Bonchev–Trinajstić information content (AvgIpc) is 3.02. The van der Waals surface area contributed by atoms with Crippen LogP contribution in [0.5, 0.6) is 0 Å². The van der Waals surface area contributed by atoms with Crippen molar-refractivity contribution < 1.29 is 9.59 Å². The van der Waals surface area contributed by atoms with E-state index in [2.05, 4.69) is 20.6 Å². The molecule has 0 saturated heterocycles. The van der Waals surface area contributed by atoms with Crippen molar-refractivity contribution in [3.63, 3.8) is 0 Å². The molecule has 0 bridgehead atoms. The molecule has 2 heterocycles. The number of nitrogens with one attached hydrogen (secondary N) is 2. The Morgan fingerprint density at radius 2 is 1.85 bits per heavy atom. The van der Waals surface area contributed by atoms with E-state index in [1.54, 1.807) is 24.3 Å². The van der Waals surface area contributed by atoms with E-state index in [1.165, 1.54) is 18.3 Å². The van der Waals surface area contributed by atoms with Crippen LogP contribution < -0.4 is 10.6 Å². The summed E-state index contributed by atoms with van der Waals surface area (Å²) in [5, 5.41) is 8.48. The first-order valence-corrected chi connectivity index (χ1v) is 8.93. The Morgan fingerprint density at radius 1 is 1.08 bits per heavy atom. The predicted octanol–water partition coefficient (Wildman–Crippen LogP) is 3.97. The number of ketones is 1. The number of aryl methyl sites for hydroxylation is 1. The highest BCUT2D eigenvalue weighted by atomic mass is 32.1. The van der Waals surface area contributed by atoms with Crippen LogP contribution in [0.2, 0.25) is 0 Å². The molecule has 0 radical (unpaired) electrons. The maximum absolute atomic E-state index is 12.2. The molecular formula is C19H18N4O2S. The lowest BCUT2D eigenvalue weighted by Gasteiger charge is -2.05. The molecule has 3 aromatic rings. The minimum atomic E-state index is -0.161. The fourth-order valence-corrected chi connectivity index (χ4v) is 3.04. The summed E-state index contributed by atoms with van der Waals surface area (Å²) in [7, 11) is 0. The third-order valence-electron chi connectivity index (χ3n) is 3.59. The van der Waals surface area contributed by atoms with Gasteiger partial charge in [-0.2, -0.15) is 0 Å². The number of Topliss-reactive ketones (excluding diaryl/α,β-unsaturated/α-hetero) is 1. The first-order valence-electron chi connectivity index (χ1n) is 8.05. The molecule has 0 saturated carbocycles. The summed E-state index contributed by atoms with van der Waals surface area (Å²) < 4.78 is 0. The van der Waals surface area contributed by atoms with Crippen molar-refractivity contribution in [3.8, 4) is 0 Å². The van der Waals surface area contributed by atoms with Crippen LogP contribution in [0, 0.1) is 6.92 Å². The van der Waals surface area contributed by atoms with Gasteiger partial charge in [0, 0.05) is 22.3 Å². The molecule has 0 spiro atoms. The van der Waals surface area contributed by atoms with Crippen molar-refractivity contribution in [2.75, 3.05) is 10.6 Å². The van der Waals surface area contributed by atoms with E-state index in [-0.39, 0.29) is 18.1 Å². The standard InChI is InChI=1S/C19H18N4O2S/c1-12-4-3-5-17(20-12)23-19-22-16(11-26-19)10-18(25)21-15-8-6-14(7-9-15)13(2)24/h3-9,11H,10H2,1-2H3,(H,21,25)(H,20,22,23). The van der Waals surface area contributed by atoms with Crippen LogP contribution in [0.25, 0.3) is 0 Å². The second-order valence-corrected chi connectivity index (χ2v) is 6.65. The number of carbonyl (C=O) groups is 2. The molecule has 26 heavy (non-hydrogen) atoms. The monoisotopic (exact) mass is 366 g/mol. The number of aromatic nitrogens is 2. The third-order valence-corrected chi connectivity index (χ3v) is 4.40. The fourth-order valence-electron chi connectivity index (χ4n) is 2.33. The number of hydrogen-bond donors (Lipinski definition) is 2. The highest BCUT2D eigenvalue weighted by Crippen LogP contribution is 2.20. The zero-order valence-electron chi connectivity index (χ0n) is 14.4. The smallest absolute Gasteiger partial charge is 0.230 e. The topological polar surface area (TPSA) is 84.0 Å². The second-order valence-electron chi connectivity index (χ2n) is 5.79. The summed E-state index contributed by atoms with van der Waals surface area (Å²) in [6.07, 6.45) is 0.174. The Balaban J connectivity index is 1.58. The van der Waals surface area contributed by atoms with E-state index in [9.17, 15) is 9.59 Å². The second kappa shape index (κ2) is 7.88. The molecule has 2 N–H and O–H groups in total. The zero-order valence-corrected chi connectivity index (χ0v) is 15.3. The van der Waals surface area contributed by atoms with E-state index >= 15 is 0 Å². The summed E-state index contributed by atoms with van der Waals surface area (Å²) in [5.74, 6) is 0.556. The van der Waals surface area contributed by atoms with Gasteiger partial charge in [0.1, 0.15) is 5.82 Å². The number of amides is 1. The Morgan fingerprint density at radius 3 is 2.54 bits per heavy atom. The lowest BCUT2D eigenvalue weighted by Crippen LogP contribution is -2.14. The summed E-state index contributed by atoms with van der Waals surface area (Å²) in [5.41, 5.74) is 2.87. The van der Waals surface area contributed by atoms with Crippen molar-refractivity contribution in [3.05, 3.63) is 64.8 Å². The number of benzene rings is 1. The van der Waals surface area contributed by atoms with Crippen LogP contribution in [0.3, 0.4) is 0 Å². The number of carbonyl (C=O) groups excluding carboxylic acids is 2. The zero-order chi connectivity index (χ0) is 18.5. The Bertz CT molecular complexity index is 935. The van der Waals surface area contributed by atoms with Gasteiger partial charge in [0.2, 0.25) is 5.91 Å². The maximum Gasteiger partial charge on any atom is 0.230 e. The number of thiazole rings is 1. The molecule has 0 atom stereocenters. The van der Waals surface area contributed by atoms with Crippen LogP contribution in [0.15, 0.2) is 47.8 Å². The highest BCUT2D eigenvalue weighted by molar-refractivity contribution is 7.13. The van der Waals surface area contributed by atoms with Crippen LogP contribution in [0.1, 0.15) is 28.7 Å². The predicted molar refractivity (Wildman–Crippen MR) is 103 cm³/mol. The van der Waals surface area contributed by atoms with Gasteiger partial charge in [-0.3, -0.25) is 9.59 Å². The molecular weight excluding hydrogens is 348 g/mol. The molecule has 2 aromatic heterocycles. The average molecular weight is 366 g/mol. The Labute approximate surface area is 155 Å². The van der Waals surface area contributed by atoms with Crippen molar-refractivity contribution >= 4 is 39.7 Å². The molecule has 3 rings (SSSR count). The van der Waals surface area contributed by atoms with Crippen LogP contribution >= 0.6 is 11.3 Å². The first kappa shape index (κ1) is 17.8. The van der Waals surface area contributed by atoms with E-state index in [1.807, 2.05) is 30.5 Å². The van der Waals surface area contributed by atoms with Gasteiger partial charge in [0.25, 0.3) is 0 Å². The van der Waals surface area contributed by atoms with Gasteiger partial charge in [-0.05, 0) is 50.2 Å². The van der Waals surface area contributed by atoms with E-state index in [0.717, 1.165) is 11.5 Å². The summed E-state index contributed by atoms with van der Waals surface area (Å²) in [4.78, 5) is 32.2. The number of anilines is 3. The molecule has 0 unspecified atom stereocenters. The van der Waals surface area contributed by atoms with Crippen LogP contribution in [-0.2, 0) is 11.2 Å². The number of nitrogens with zero attached hydrogens (tertiary/aromatic N) is 2. The number of pyridine rings is 1. The van der Waals surface area contributed by atoms with Crippen LogP contribution in [0.4, 0.5) is 16.6 Å². The van der Waals surface area contributed by atoms with Gasteiger partial charge in [-0.1, -0.05) is 6.07 Å². The van der Waals surface area contributed by atoms with Gasteiger partial charge in [-0.15, -0.1) is 11.3 Å². The number of rotatable bonds is 6. The van der Waals surface area contributed by atoms with Crippen molar-refractivity contribution in [2.24, 2.45) is 0 Å². The molecule has 0 aliphatic heterocycles. The van der Waals surface area contributed by atoms with Gasteiger partial charge >= 0.3 is 0 Å². The van der Waals surface area contributed by atoms with Crippen molar-refractivity contribution in [2.45, 2.75) is 20.3 Å². The molecule has 0 aliphatic rings. The summed E-state index contributed by atoms with van der Waals surface area (Å²) in [6.45, 7) is 3.43. The SMILES string of the molecule is CC(=O)c1ccc(NC(=O)Cc2csc(Nc3cccc(C)n3)n2)cc1. The molecule has 132 valence electrons. The maximum atomic E-state index is 12.2. The van der Waals surface area contributed by atoms with Gasteiger partial charge in [-0.25, -0.2) is 9.97 Å². The van der Waals surface area contributed by atoms with Crippen LogP contribution in [-0.4, -0.2) is 21.7 Å². The largest absolute Gasteiger partial charge is 0.326 e. The first-order chi connectivity index (χ1) is 12.5. The number of hydrogen-bond acceptors (Lipinski definition) is 6. The highest BCUT2D eigenvalue weighted by Gasteiger charge is 2.09. The van der Waals surface area contributed by atoms with Gasteiger partial charge < -0.3 is 10.6 Å². The normalized spacial score (nSPS) is 10.4. The van der Waals surface area contributed by atoms with Crippen molar-refractivity contribution in [1.82, 2.24) is 9.97 Å². The summed E-state index contributed by atoms with van der Waals surface area (Å²) in [6, 6.07) is 12.5. The van der Waals surface area contributed by atoms with E-state index < -0.39 is 0 Å². The fraction of sp³-hybridized carbons (Fsp3) is 0.158. The molecule has 7 heteroatoms. The van der Waals surface area contributed by atoms with E-state index in [0.29, 0.717) is 22.1 Å². The summed E-state index contributed by atoms with van der Waals surface area (Å²) >= 11 is 1.42. The third kappa shape index (κ3) is 4.73. The lowest BCUT2D eigenvalue weighted by atomic mass is 10.1. The van der Waals surface area contributed by atoms with Crippen molar-refractivity contribution in [1.29, 1.82) is 0 Å². The minimum Gasteiger partial charge on any atom is -0.326 e. The van der Waals surface area contributed by atoms with E-state index in [4.69, 9.17) is 0 Å². The quantitative estimate of drug-likeness (QED) is 0.645. The molecule has 1 aromatic carbocycles.